The molecule has 3 rings (SSSR count). The maximum absolute atomic E-state index is 14.1. The molecule has 0 radical (unpaired) electrons. The van der Waals surface area contributed by atoms with E-state index in [1.807, 2.05) is 12.1 Å². The largest absolute Gasteiger partial charge is 0.410 e. The SMILES string of the molecule is CC(C)(C)[Si](C)(C)O[C@H]1CCc2c(-c3cccnc3F)cccc21. The predicted octanol–water partition coefficient (Wildman–Crippen LogP) is 5.90. The van der Waals surface area contributed by atoms with Crippen molar-refractivity contribution in [2.75, 3.05) is 0 Å². The molecular formula is C20H26FNOSi. The third-order valence-electron chi connectivity index (χ3n) is 5.51. The Morgan fingerprint density at radius 3 is 2.50 bits per heavy atom. The average Bonchev–Trinajstić information content (AvgIpc) is 2.89. The summed E-state index contributed by atoms with van der Waals surface area (Å²) in [6.45, 7) is 11.4. The van der Waals surface area contributed by atoms with E-state index in [0.717, 1.165) is 18.4 Å². The van der Waals surface area contributed by atoms with E-state index in [0.29, 0.717) is 5.56 Å². The van der Waals surface area contributed by atoms with Gasteiger partial charge in [-0.2, -0.15) is 4.39 Å². The summed E-state index contributed by atoms with van der Waals surface area (Å²) in [5.41, 5.74) is 3.98. The average molecular weight is 344 g/mol. The summed E-state index contributed by atoms with van der Waals surface area (Å²) in [6.07, 6.45) is 3.52. The van der Waals surface area contributed by atoms with Crippen molar-refractivity contribution in [3.63, 3.8) is 0 Å². The number of pyridine rings is 1. The van der Waals surface area contributed by atoms with Crippen LogP contribution in [0.4, 0.5) is 4.39 Å². The van der Waals surface area contributed by atoms with E-state index in [-0.39, 0.29) is 11.1 Å². The minimum atomic E-state index is -1.83. The lowest BCUT2D eigenvalue weighted by atomic mass is 9.97. The van der Waals surface area contributed by atoms with Crippen LogP contribution in [0.2, 0.25) is 18.1 Å². The fourth-order valence-corrected chi connectivity index (χ4v) is 4.42. The fraction of sp³-hybridized carbons (Fsp3) is 0.450. The Kier molecular flexibility index (Phi) is 4.39. The van der Waals surface area contributed by atoms with Crippen LogP contribution in [0, 0.1) is 5.95 Å². The second kappa shape index (κ2) is 6.08. The van der Waals surface area contributed by atoms with Gasteiger partial charge < -0.3 is 4.43 Å². The van der Waals surface area contributed by atoms with Crippen molar-refractivity contribution in [1.29, 1.82) is 0 Å². The molecule has 0 aliphatic heterocycles. The van der Waals surface area contributed by atoms with Gasteiger partial charge in [-0.15, -0.1) is 0 Å². The first-order chi connectivity index (χ1) is 11.2. The molecule has 0 unspecified atom stereocenters. The van der Waals surface area contributed by atoms with E-state index < -0.39 is 14.3 Å². The molecule has 1 aliphatic rings. The van der Waals surface area contributed by atoms with Gasteiger partial charge in [0.2, 0.25) is 5.95 Å². The molecule has 0 saturated carbocycles. The first-order valence-electron chi connectivity index (χ1n) is 8.61. The number of hydrogen-bond donors (Lipinski definition) is 0. The van der Waals surface area contributed by atoms with E-state index >= 15 is 0 Å². The highest BCUT2D eigenvalue weighted by Gasteiger charge is 2.41. The van der Waals surface area contributed by atoms with Crippen LogP contribution in [0.3, 0.4) is 0 Å². The molecule has 24 heavy (non-hydrogen) atoms. The zero-order valence-electron chi connectivity index (χ0n) is 15.2. The number of benzene rings is 1. The highest BCUT2D eigenvalue weighted by atomic mass is 28.4. The van der Waals surface area contributed by atoms with Gasteiger partial charge in [0.05, 0.1) is 6.10 Å². The quantitative estimate of drug-likeness (QED) is 0.511. The standard InChI is InChI=1S/C20H26FNOSi/c1-20(2,3)24(4,5)23-18-12-11-15-14(8-6-9-16(15)18)17-10-7-13-22-19(17)21/h6-10,13,18H,11-12H2,1-5H3/t18-/m0/s1. The van der Waals surface area contributed by atoms with Crippen LogP contribution in [0.5, 0.6) is 0 Å². The fourth-order valence-electron chi connectivity index (χ4n) is 3.11. The number of hydrogen-bond acceptors (Lipinski definition) is 2. The Hall–Kier alpha value is -1.52. The highest BCUT2D eigenvalue weighted by molar-refractivity contribution is 6.74. The van der Waals surface area contributed by atoms with Crippen molar-refractivity contribution in [3.8, 4) is 11.1 Å². The van der Waals surface area contributed by atoms with Gasteiger partial charge in [-0.1, -0.05) is 39.0 Å². The smallest absolute Gasteiger partial charge is 0.220 e. The van der Waals surface area contributed by atoms with Crippen molar-refractivity contribution in [2.24, 2.45) is 0 Å². The lowest BCUT2D eigenvalue weighted by Gasteiger charge is -2.38. The number of rotatable bonds is 3. The van der Waals surface area contributed by atoms with E-state index in [2.05, 4.69) is 44.9 Å². The molecule has 0 fully saturated rings. The van der Waals surface area contributed by atoms with Crippen LogP contribution < -0.4 is 0 Å². The molecule has 1 heterocycles. The van der Waals surface area contributed by atoms with Crippen LogP contribution in [0.1, 0.15) is 44.4 Å². The molecule has 0 saturated heterocycles. The Bertz CT molecular complexity index is 752. The maximum Gasteiger partial charge on any atom is 0.220 e. The summed E-state index contributed by atoms with van der Waals surface area (Å²) in [7, 11) is -1.83. The maximum atomic E-state index is 14.1. The molecule has 1 aromatic carbocycles. The zero-order chi connectivity index (χ0) is 17.5. The number of halogens is 1. The molecule has 0 spiro atoms. The zero-order valence-corrected chi connectivity index (χ0v) is 16.2. The van der Waals surface area contributed by atoms with E-state index in [1.165, 1.54) is 17.3 Å². The van der Waals surface area contributed by atoms with Crippen molar-refractivity contribution >= 4 is 8.32 Å². The minimum Gasteiger partial charge on any atom is -0.410 e. The molecule has 0 N–H and O–H groups in total. The number of aromatic nitrogens is 1. The van der Waals surface area contributed by atoms with Gasteiger partial charge in [-0.05, 0) is 59.8 Å². The first-order valence-corrected chi connectivity index (χ1v) is 11.5. The summed E-state index contributed by atoms with van der Waals surface area (Å²) in [4.78, 5) is 3.80. The molecule has 0 bridgehead atoms. The molecular weight excluding hydrogens is 317 g/mol. The minimum absolute atomic E-state index is 0.126. The van der Waals surface area contributed by atoms with Crippen LogP contribution in [-0.4, -0.2) is 13.3 Å². The normalized spacial score (nSPS) is 17.8. The summed E-state index contributed by atoms with van der Waals surface area (Å²) >= 11 is 0. The molecule has 2 aromatic rings. The molecule has 128 valence electrons. The van der Waals surface area contributed by atoms with Crippen LogP contribution in [-0.2, 0) is 10.8 Å². The summed E-state index contributed by atoms with van der Waals surface area (Å²) in [6, 6.07) is 9.73. The third kappa shape index (κ3) is 3.05. The second-order valence-corrected chi connectivity index (χ2v) is 12.9. The van der Waals surface area contributed by atoms with Crippen LogP contribution in [0.15, 0.2) is 36.5 Å². The number of fused-ring (bicyclic) bond motifs is 1. The Balaban J connectivity index is 1.97. The van der Waals surface area contributed by atoms with Crippen LogP contribution in [0.25, 0.3) is 11.1 Å². The molecule has 2 nitrogen and oxygen atoms in total. The van der Waals surface area contributed by atoms with Crippen molar-refractivity contribution in [1.82, 2.24) is 4.98 Å². The van der Waals surface area contributed by atoms with Gasteiger partial charge in [0, 0.05) is 11.8 Å². The lowest BCUT2D eigenvalue weighted by Crippen LogP contribution is -2.41. The first kappa shape index (κ1) is 17.3. The van der Waals surface area contributed by atoms with Crippen molar-refractivity contribution in [3.05, 3.63) is 53.6 Å². The van der Waals surface area contributed by atoms with E-state index in [4.69, 9.17) is 4.43 Å². The van der Waals surface area contributed by atoms with Gasteiger partial charge in [-0.25, -0.2) is 4.98 Å². The summed E-state index contributed by atoms with van der Waals surface area (Å²) < 4.78 is 20.8. The van der Waals surface area contributed by atoms with Crippen molar-refractivity contribution < 1.29 is 8.82 Å². The van der Waals surface area contributed by atoms with E-state index in [1.54, 1.807) is 12.1 Å². The number of nitrogens with zero attached hydrogens (tertiary/aromatic N) is 1. The van der Waals surface area contributed by atoms with Gasteiger partial charge in [0.25, 0.3) is 0 Å². The highest BCUT2D eigenvalue weighted by Crippen LogP contribution is 2.45. The van der Waals surface area contributed by atoms with Gasteiger partial charge in [0.15, 0.2) is 8.32 Å². The van der Waals surface area contributed by atoms with E-state index in [9.17, 15) is 4.39 Å². The summed E-state index contributed by atoms with van der Waals surface area (Å²) in [5, 5.41) is 0.183. The molecule has 1 aromatic heterocycles. The van der Waals surface area contributed by atoms with Gasteiger partial charge in [-0.3, -0.25) is 0 Å². The summed E-state index contributed by atoms with van der Waals surface area (Å²) in [5.74, 6) is -0.403. The topological polar surface area (TPSA) is 22.1 Å². The molecule has 1 aliphatic carbocycles. The molecule has 4 heteroatoms. The van der Waals surface area contributed by atoms with Gasteiger partial charge >= 0.3 is 0 Å². The Morgan fingerprint density at radius 1 is 1.12 bits per heavy atom. The van der Waals surface area contributed by atoms with Crippen molar-refractivity contribution in [2.45, 2.75) is 57.8 Å². The Labute approximate surface area is 145 Å². The van der Waals surface area contributed by atoms with Crippen LogP contribution >= 0.6 is 0 Å². The lowest BCUT2D eigenvalue weighted by molar-refractivity contribution is 0.185. The third-order valence-corrected chi connectivity index (χ3v) is 9.99. The molecule has 0 amide bonds. The second-order valence-electron chi connectivity index (χ2n) is 8.12. The predicted molar refractivity (Wildman–Crippen MR) is 99.0 cm³/mol. The molecule has 1 atom stereocenters. The monoisotopic (exact) mass is 343 g/mol. The Morgan fingerprint density at radius 2 is 1.83 bits per heavy atom. The van der Waals surface area contributed by atoms with Gasteiger partial charge in [0.1, 0.15) is 0 Å².